The maximum Gasteiger partial charge on any atom is 0.213 e. The molecule has 18 heavy (non-hydrogen) atoms. The number of pyridine rings is 1. The number of ether oxygens (including phenoxy) is 2. The molecule has 1 N–H and O–H groups in total. The molecule has 0 aromatic carbocycles. The topological polar surface area (TPSA) is 43.4 Å². The number of nitrogens with one attached hydrogen (secondary N) is 1. The van der Waals surface area contributed by atoms with E-state index < -0.39 is 0 Å². The van der Waals surface area contributed by atoms with Gasteiger partial charge in [0.1, 0.15) is 6.61 Å². The van der Waals surface area contributed by atoms with Crippen LogP contribution in [0.15, 0.2) is 18.3 Å². The standard InChI is InChI=1S/C14H24N2O2/c1-3-5-8-17-9-10-18-14-11-13(6-7-16-14)12-15-4-2/h6-7,11,15H,3-5,8-10,12H2,1-2H3. The summed E-state index contributed by atoms with van der Waals surface area (Å²) in [6, 6.07) is 3.96. The fourth-order valence-corrected chi connectivity index (χ4v) is 1.46. The minimum atomic E-state index is 0.557. The summed E-state index contributed by atoms with van der Waals surface area (Å²) in [5.74, 6) is 0.671. The third-order valence-electron chi connectivity index (χ3n) is 2.50. The van der Waals surface area contributed by atoms with Gasteiger partial charge in [0, 0.05) is 25.4 Å². The van der Waals surface area contributed by atoms with Gasteiger partial charge in [-0.05, 0) is 24.6 Å². The molecule has 0 aliphatic rings. The zero-order valence-corrected chi connectivity index (χ0v) is 11.4. The predicted octanol–water partition coefficient (Wildman–Crippen LogP) is 2.39. The van der Waals surface area contributed by atoms with E-state index in [2.05, 4.69) is 24.1 Å². The second kappa shape index (κ2) is 9.85. The Morgan fingerprint density at radius 2 is 2.11 bits per heavy atom. The molecule has 1 heterocycles. The SMILES string of the molecule is CCCCOCCOc1cc(CNCC)ccn1. The Balaban J connectivity index is 2.20. The Kier molecular flexibility index (Phi) is 8.17. The second-order valence-electron chi connectivity index (χ2n) is 4.10. The fourth-order valence-electron chi connectivity index (χ4n) is 1.46. The average Bonchev–Trinajstić information content (AvgIpc) is 2.41. The van der Waals surface area contributed by atoms with E-state index in [4.69, 9.17) is 9.47 Å². The van der Waals surface area contributed by atoms with Gasteiger partial charge in [-0.1, -0.05) is 20.3 Å². The maximum absolute atomic E-state index is 5.54. The molecule has 0 radical (unpaired) electrons. The van der Waals surface area contributed by atoms with Crippen molar-refractivity contribution >= 4 is 0 Å². The first-order chi connectivity index (χ1) is 8.86. The smallest absolute Gasteiger partial charge is 0.213 e. The molecule has 0 saturated heterocycles. The highest BCUT2D eigenvalue weighted by atomic mass is 16.5. The Hall–Kier alpha value is -1.13. The molecule has 0 aliphatic heterocycles. The third kappa shape index (κ3) is 6.57. The zero-order valence-electron chi connectivity index (χ0n) is 11.4. The second-order valence-corrected chi connectivity index (χ2v) is 4.10. The normalized spacial score (nSPS) is 10.6. The van der Waals surface area contributed by atoms with E-state index in [9.17, 15) is 0 Å². The van der Waals surface area contributed by atoms with Crippen LogP contribution in [0.3, 0.4) is 0 Å². The molecule has 0 atom stereocenters. The molecule has 0 bridgehead atoms. The molecular weight excluding hydrogens is 228 g/mol. The molecule has 1 aromatic heterocycles. The highest BCUT2D eigenvalue weighted by molar-refractivity contribution is 5.20. The average molecular weight is 252 g/mol. The van der Waals surface area contributed by atoms with Gasteiger partial charge >= 0.3 is 0 Å². The Morgan fingerprint density at radius 3 is 2.89 bits per heavy atom. The van der Waals surface area contributed by atoms with Crippen molar-refractivity contribution in [3.63, 3.8) is 0 Å². The first-order valence-electron chi connectivity index (χ1n) is 6.73. The summed E-state index contributed by atoms with van der Waals surface area (Å²) in [7, 11) is 0. The summed E-state index contributed by atoms with van der Waals surface area (Å²) in [5, 5.41) is 3.27. The van der Waals surface area contributed by atoms with Crippen LogP contribution in [-0.2, 0) is 11.3 Å². The maximum atomic E-state index is 5.54. The molecule has 1 rings (SSSR count). The lowest BCUT2D eigenvalue weighted by Gasteiger charge is -2.07. The summed E-state index contributed by atoms with van der Waals surface area (Å²) < 4.78 is 11.0. The monoisotopic (exact) mass is 252 g/mol. The minimum absolute atomic E-state index is 0.557. The molecule has 4 heteroatoms. The Morgan fingerprint density at radius 1 is 1.22 bits per heavy atom. The van der Waals surface area contributed by atoms with Crippen LogP contribution in [0.5, 0.6) is 5.88 Å². The van der Waals surface area contributed by atoms with Gasteiger partial charge in [0.15, 0.2) is 0 Å². The Bertz CT molecular complexity index is 318. The van der Waals surface area contributed by atoms with Gasteiger partial charge in [-0.3, -0.25) is 0 Å². The molecular formula is C14H24N2O2. The quantitative estimate of drug-likeness (QED) is 0.649. The van der Waals surface area contributed by atoms with Gasteiger partial charge in [0.2, 0.25) is 5.88 Å². The van der Waals surface area contributed by atoms with Crippen molar-refractivity contribution in [1.82, 2.24) is 10.3 Å². The third-order valence-corrected chi connectivity index (χ3v) is 2.50. The minimum Gasteiger partial charge on any atom is -0.475 e. The zero-order chi connectivity index (χ0) is 13.1. The van der Waals surface area contributed by atoms with E-state index in [-0.39, 0.29) is 0 Å². The van der Waals surface area contributed by atoms with E-state index in [0.29, 0.717) is 19.1 Å². The van der Waals surface area contributed by atoms with Crippen molar-refractivity contribution < 1.29 is 9.47 Å². The molecule has 4 nitrogen and oxygen atoms in total. The van der Waals surface area contributed by atoms with E-state index >= 15 is 0 Å². The summed E-state index contributed by atoms with van der Waals surface area (Å²) in [6.07, 6.45) is 4.05. The van der Waals surface area contributed by atoms with Crippen LogP contribution in [0, 0.1) is 0 Å². The lowest BCUT2D eigenvalue weighted by atomic mass is 10.2. The molecule has 0 amide bonds. The van der Waals surface area contributed by atoms with E-state index in [1.54, 1.807) is 6.20 Å². The summed E-state index contributed by atoms with van der Waals surface area (Å²) in [6.45, 7) is 8.05. The van der Waals surface area contributed by atoms with Crippen molar-refractivity contribution in [3.8, 4) is 5.88 Å². The van der Waals surface area contributed by atoms with E-state index in [1.807, 2.05) is 12.1 Å². The van der Waals surface area contributed by atoms with Crippen molar-refractivity contribution in [2.45, 2.75) is 33.2 Å². The van der Waals surface area contributed by atoms with Gasteiger partial charge in [-0.25, -0.2) is 4.98 Å². The summed E-state index contributed by atoms with van der Waals surface area (Å²) in [5.41, 5.74) is 1.19. The van der Waals surface area contributed by atoms with Crippen LogP contribution in [0.2, 0.25) is 0 Å². The van der Waals surface area contributed by atoms with Crippen molar-refractivity contribution in [2.75, 3.05) is 26.4 Å². The van der Waals surface area contributed by atoms with Crippen LogP contribution in [0.25, 0.3) is 0 Å². The molecule has 102 valence electrons. The van der Waals surface area contributed by atoms with Crippen LogP contribution in [-0.4, -0.2) is 31.3 Å². The number of nitrogens with zero attached hydrogens (tertiary/aromatic N) is 1. The lowest BCUT2D eigenvalue weighted by Crippen LogP contribution is -2.12. The van der Waals surface area contributed by atoms with Crippen molar-refractivity contribution in [3.05, 3.63) is 23.9 Å². The van der Waals surface area contributed by atoms with E-state index in [1.165, 1.54) is 5.56 Å². The summed E-state index contributed by atoms with van der Waals surface area (Å²) >= 11 is 0. The van der Waals surface area contributed by atoms with Crippen LogP contribution < -0.4 is 10.1 Å². The largest absolute Gasteiger partial charge is 0.475 e. The predicted molar refractivity (Wildman–Crippen MR) is 72.8 cm³/mol. The highest BCUT2D eigenvalue weighted by Gasteiger charge is 1.98. The first-order valence-corrected chi connectivity index (χ1v) is 6.73. The van der Waals surface area contributed by atoms with Crippen LogP contribution in [0.1, 0.15) is 32.3 Å². The van der Waals surface area contributed by atoms with Crippen LogP contribution in [0.4, 0.5) is 0 Å². The molecule has 0 spiro atoms. The lowest BCUT2D eigenvalue weighted by molar-refractivity contribution is 0.0965. The molecule has 0 aliphatic carbocycles. The number of hydrogen-bond acceptors (Lipinski definition) is 4. The van der Waals surface area contributed by atoms with Gasteiger partial charge < -0.3 is 14.8 Å². The van der Waals surface area contributed by atoms with E-state index in [0.717, 1.165) is 32.5 Å². The summed E-state index contributed by atoms with van der Waals surface area (Å²) in [4.78, 5) is 4.18. The molecule has 1 aromatic rings. The highest BCUT2D eigenvalue weighted by Crippen LogP contribution is 2.08. The molecule has 0 unspecified atom stereocenters. The number of rotatable bonds is 10. The van der Waals surface area contributed by atoms with Gasteiger partial charge in [-0.15, -0.1) is 0 Å². The van der Waals surface area contributed by atoms with Gasteiger partial charge in [0.25, 0.3) is 0 Å². The van der Waals surface area contributed by atoms with Crippen molar-refractivity contribution in [2.24, 2.45) is 0 Å². The van der Waals surface area contributed by atoms with Gasteiger partial charge in [-0.2, -0.15) is 0 Å². The number of unbranched alkanes of at least 4 members (excludes halogenated alkanes) is 1. The van der Waals surface area contributed by atoms with Crippen LogP contribution >= 0.6 is 0 Å². The number of aromatic nitrogens is 1. The van der Waals surface area contributed by atoms with Crippen molar-refractivity contribution in [1.29, 1.82) is 0 Å². The Labute approximate surface area is 110 Å². The number of hydrogen-bond donors (Lipinski definition) is 1. The fraction of sp³-hybridized carbons (Fsp3) is 0.643. The molecule has 0 fully saturated rings. The van der Waals surface area contributed by atoms with Gasteiger partial charge in [0.05, 0.1) is 6.61 Å². The molecule has 0 saturated carbocycles. The first kappa shape index (κ1) is 14.9.